The number of aliphatic hydroxyl groups excluding tert-OH is 1. The Morgan fingerprint density at radius 1 is 1.15 bits per heavy atom. The molecule has 0 aromatic heterocycles. The summed E-state index contributed by atoms with van der Waals surface area (Å²) in [6, 6.07) is 14.1. The van der Waals surface area contributed by atoms with Crippen LogP contribution in [0.5, 0.6) is 0 Å². The number of hydrogen-bond acceptors (Lipinski definition) is 4. The molecule has 6 heteroatoms. The van der Waals surface area contributed by atoms with Crippen molar-refractivity contribution in [3.8, 4) is 0 Å². The molecule has 0 saturated heterocycles. The Morgan fingerprint density at radius 2 is 1.78 bits per heavy atom. The first-order valence-electron chi connectivity index (χ1n) is 8.48. The Balaban J connectivity index is 2.07. The van der Waals surface area contributed by atoms with Crippen molar-refractivity contribution in [1.82, 2.24) is 5.32 Å². The van der Waals surface area contributed by atoms with Gasteiger partial charge in [-0.25, -0.2) is 4.79 Å². The van der Waals surface area contributed by atoms with E-state index in [1.807, 2.05) is 31.2 Å². The summed E-state index contributed by atoms with van der Waals surface area (Å²) in [5.74, 6) is -0.804. The molecule has 1 amide bonds. The van der Waals surface area contributed by atoms with Crippen LogP contribution in [0, 0.1) is 5.92 Å². The number of hydrogen-bond donors (Lipinski definition) is 2. The van der Waals surface area contributed by atoms with Crippen LogP contribution in [0.1, 0.15) is 34.5 Å². The fourth-order valence-electron chi connectivity index (χ4n) is 2.55. The van der Waals surface area contributed by atoms with E-state index >= 15 is 0 Å². The van der Waals surface area contributed by atoms with E-state index in [4.69, 9.17) is 0 Å². The summed E-state index contributed by atoms with van der Waals surface area (Å²) >= 11 is 3.39. The zero-order chi connectivity index (χ0) is 19.8. The third kappa shape index (κ3) is 6.05. The topological polar surface area (TPSA) is 75.6 Å². The van der Waals surface area contributed by atoms with Crippen LogP contribution >= 0.6 is 15.9 Å². The predicted molar refractivity (Wildman–Crippen MR) is 108 cm³/mol. The van der Waals surface area contributed by atoms with Gasteiger partial charge in [0.05, 0.1) is 18.7 Å². The molecular weight excluding hydrogens is 410 g/mol. The summed E-state index contributed by atoms with van der Waals surface area (Å²) in [4.78, 5) is 23.8. The number of aliphatic hydroxyl groups is 1. The van der Waals surface area contributed by atoms with E-state index in [9.17, 15) is 14.7 Å². The van der Waals surface area contributed by atoms with E-state index in [2.05, 4.69) is 26.0 Å². The van der Waals surface area contributed by atoms with E-state index in [0.717, 1.165) is 15.6 Å². The summed E-state index contributed by atoms with van der Waals surface area (Å²) in [6.45, 7) is 1.84. The number of carbonyl (C=O) groups is 2. The molecular formula is C21H22BrNO4. The lowest BCUT2D eigenvalue weighted by molar-refractivity contribution is -0.117. The molecule has 0 radical (unpaired) electrons. The van der Waals surface area contributed by atoms with Crippen LogP contribution < -0.4 is 5.32 Å². The molecule has 5 nitrogen and oxygen atoms in total. The largest absolute Gasteiger partial charge is 0.465 e. The van der Waals surface area contributed by atoms with E-state index in [-0.39, 0.29) is 24.5 Å². The molecule has 0 heterocycles. The number of benzene rings is 2. The zero-order valence-electron chi connectivity index (χ0n) is 15.2. The van der Waals surface area contributed by atoms with Gasteiger partial charge in [-0.15, -0.1) is 0 Å². The summed E-state index contributed by atoms with van der Waals surface area (Å²) in [5.41, 5.74) is 2.16. The molecule has 2 unspecified atom stereocenters. The van der Waals surface area contributed by atoms with E-state index in [1.54, 1.807) is 30.3 Å². The van der Waals surface area contributed by atoms with Crippen LogP contribution in [-0.2, 0) is 9.53 Å². The van der Waals surface area contributed by atoms with Crippen LogP contribution in [0.4, 0.5) is 0 Å². The molecule has 0 fully saturated rings. The van der Waals surface area contributed by atoms with Gasteiger partial charge in [-0.05, 0) is 41.5 Å². The minimum atomic E-state index is -0.404. The number of halogens is 1. The van der Waals surface area contributed by atoms with Gasteiger partial charge in [-0.2, -0.15) is 0 Å². The SMILES string of the molecule is COC(=O)c1ccc(C=CC(=O)NC(c2ccc(Br)cc2)C(C)CO)cc1. The third-order valence-corrected chi connectivity index (χ3v) is 4.67. The molecule has 2 aromatic rings. The van der Waals surface area contributed by atoms with Crippen molar-refractivity contribution in [2.24, 2.45) is 5.92 Å². The highest BCUT2D eigenvalue weighted by Crippen LogP contribution is 2.23. The van der Waals surface area contributed by atoms with Crippen LogP contribution in [-0.4, -0.2) is 30.7 Å². The first-order chi connectivity index (χ1) is 12.9. The van der Waals surface area contributed by atoms with Gasteiger partial charge >= 0.3 is 5.97 Å². The molecule has 0 aliphatic carbocycles. The number of ether oxygens (including phenoxy) is 1. The second kappa shape index (κ2) is 10.0. The fraction of sp³-hybridized carbons (Fsp3) is 0.238. The molecule has 27 heavy (non-hydrogen) atoms. The highest BCUT2D eigenvalue weighted by atomic mass is 79.9. The molecule has 142 valence electrons. The van der Waals surface area contributed by atoms with Crippen molar-refractivity contribution >= 4 is 33.9 Å². The summed E-state index contributed by atoms with van der Waals surface area (Å²) in [5, 5.41) is 12.5. The highest BCUT2D eigenvalue weighted by Gasteiger charge is 2.20. The maximum Gasteiger partial charge on any atom is 0.337 e. The Hall–Kier alpha value is -2.44. The van der Waals surface area contributed by atoms with Gasteiger partial charge in [0.1, 0.15) is 0 Å². The van der Waals surface area contributed by atoms with Crippen LogP contribution in [0.15, 0.2) is 59.1 Å². The van der Waals surface area contributed by atoms with E-state index in [1.165, 1.54) is 13.2 Å². The van der Waals surface area contributed by atoms with Crippen molar-refractivity contribution in [3.05, 3.63) is 75.8 Å². The molecule has 0 spiro atoms. The van der Waals surface area contributed by atoms with Crippen molar-refractivity contribution in [1.29, 1.82) is 0 Å². The van der Waals surface area contributed by atoms with Crippen LogP contribution in [0.3, 0.4) is 0 Å². The lowest BCUT2D eigenvalue weighted by atomic mass is 9.95. The van der Waals surface area contributed by atoms with Gasteiger partial charge in [0.15, 0.2) is 0 Å². The van der Waals surface area contributed by atoms with Gasteiger partial charge in [-0.1, -0.05) is 47.1 Å². The number of rotatable bonds is 7. The minimum Gasteiger partial charge on any atom is -0.465 e. The van der Waals surface area contributed by atoms with Crippen molar-refractivity contribution in [2.45, 2.75) is 13.0 Å². The molecule has 2 N–H and O–H groups in total. The number of carbonyl (C=O) groups excluding carboxylic acids is 2. The number of methoxy groups -OCH3 is 1. The van der Waals surface area contributed by atoms with Crippen molar-refractivity contribution < 1.29 is 19.4 Å². The average molecular weight is 432 g/mol. The fourth-order valence-corrected chi connectivity index (χ4v) is 2.82. The minimum absolute atomic E-state index is 0.0419. The van der Waals surface area contributed by atoms with Gasteiger partial charge in [0.2, 0.25) is 5.91 Å². The third-order valence-electron chi connectivity index (χ3n) is 4.14. The lowest BCUT2D eigenvalue weighted by Gasteiger charge is -2.23. The molecule has 0 saturated carbocycles. The quantitative estimate of drug-likeness (QED) is 0.517. The standard InChI is InChI=1S/C21H22BrNO4/c1-14(13-24)20(16-8-10-18(22)11-9-16)23-19(25)12-5-15-3-6-17(7-4-15)21(26)27-2/h3-12,14,20,24H,13H2,1-2H3,(H,23,25). The molecule has 0 aliphatic heterocycles. The van der Waals surface area contributed by atoms with Crippen molar-refractivity contribution in [2.75, 3.05) is 13.7 Å². The molecule has 0 bridgehead atoms. The summed E-state index contributed by atoms with van der Waals surface area (Å²) < 4.78 is 5.60. The van der Waals surface area contributed by atoms with Crippen molar-refractivity contribution in [3.63, 3.8) is 0 Å². The lowest BCUT2D eigenvalue weighted by Crippen LogP contribution is -2.32. The zero-order valence-corrected chi connectivity index (χ0v) is 16.8. The second-order valence-corrected chi connectivity index (χ2v) is 7.06. The van der Waals surface area contributed by atoms with E-state index < -0.39 is 5.97 Å². The normalized spacial score (nSPS) is 13.2. The summed E-state index contributed by atoms with van der Waals surface area (Å²) in [6.07, 6.45) is 3.10. The van der Waals surface area contributed by atoms with Gasteiger partial charge in [0.25, 0.3) is 0 Å². The highest BCUT2D eigenvalue weighted by molar-refractivity contribution is 9.10. The molecule has 0 aliphatic rings. The Bertz CT molecular complexity index is 800. The average Bonchev–Trinajstić information content (AvgIpc) is 2.70. The smallest absolute Gasteiger partial charge is 0.337 e. The maximum absolute atomic E-state index is 12.3. The predicted octanol–water partition coefficient (Wildman–Crippen LogP) is 3.73. The Morgan fingerprint density at radius 3 is 2.33 bits per heavy atom. The number of amides is 1. The number of nitrogens with one attached hydrogen (secondary N) is 1. The summed E-state index contributed by atoms with van der Waals surface area (Å²) in [7, 11) is 1.33. The second-order valence-electron chi connectivity index (χ2n) is 6.14. The van der Waals surface area contributed by atoms with E-state index in [0.29, 0.717) is 5.56 Å². The first-order valence-corrected chi connectivity index (χ1v) is 9.27. The maximum atomic E-state index is 12.3. The monoisotopic (exact) mass is 431 g/mol. The molecule has 2 atom stereocenters. The number of esters is 1. The molecule has 2 aromatic carbocycles. The van der Waals surface area contributed by atoms with Gasteiger partial charge in [0, 0.05) is 23.1 Å². The van der Waals surface area contributed by atoms with Gasteiger partial charge < -0.3 is 15.2 Å². The van der Waals surface area contributed by atoms with Gasteiger partial charge in [-0.3, -0.25) is 4.79 Å². The Labute approximate surface area is 167 Å². The Kier molecular flexibility index (Phi) is 7.76. The van der Waals surface area contributed by atoms with Crippen LogP contribution in [0.25, 0.3) is 6.08 Å². The van der Waals surface area contributed by atoms with Crippen LogP contribution in [0.2, 0.25) is 0 Å². The molecule has 2 rings (SSSR count). The first kappa shape index (κ1) is 20.9.